The first kappa shape index (κ1) is 35.4. The minimum atomic E-state index is -1.31. The number of hydrogen-bond acceptors (Lipinski definition) is 9. The van der Waals surface area contributed by atoms with E-state index in [1.54, 1.807) is 67.6 Å². The van der Waals surface area contributed by atoms with Gasteiger partial charge >= 0.3 is 0 Å². The van der Waals surface area contributed by atoms with Crippen molar-refractivity contribution in [2.24, 2.45) is 39.3 Å². The molecule has 0 bridgehead atoms. The number of nitrogens with zero attached hydrogens (tertiary/aromatic N) is 5. The second-order valence-corrected chi connectivity index (χ2v) is 15.6. The lowest BCUT2D eigenvalue weighted by molar-refractivity contribution is -0.131. The summed E-state index contributed by atoms with van der Waals surface area (Å²) in [6.45, 7) is 1.78. The Kier molecular flexibility index (Phi) is 8.75. The van der Waals surface area contributed by atoms with E-state index < -0.39 is 35.0 Å². The molecule has 3 fully saturated rings. The Hall–Kier alpha value is -5.62. The van der Waals surface area contributed by atoms with E-state index in [4.69, 9.17) is 4.74 Å². The normalized spacial score (nSPS) is 26.2. The molecule has 6 unspecified atom stereocenters. The molecule has 1 N–H and O–H groups in total. The van der Waals surface area contributed by atoms with E-state index in [-0.39, 0.29) is 48.0 Å². The number of fused-ring (bicyclic) bond motifs is 4. The number of phenolic OH excluding ortho intramolecular Hbond substituents is 1. The maximum Gasteiger partial charge on any atom is 0.241 e. The molecule has 2 saturated heterocycles. The summed E-state index contributed by atoms with van der Waals surface area (Å²) in [6, 6.07) is 26.6. The number of azo groups is 1. The summed E-state index contributed by atoms with van der Waals surface area (Å²) < 4.78 is 6.13. The third-order valence-electron chi connectivity index (χ3n) is 11.6. The summed E-state index contributed by atoms with van der Waals surface area (Å²) in [7, 11) is 5.37. The summed E-state index contributed by atoms with van der Waals surface area (Å²) >= 11 is 3.55. The van der Waals surface area contributed by atoms with Gasteiger partial charge in [0.1, 0.15) is 0 Å². The van der Waals surface area contributed by atoms with E-state index in [9.17, 15) is 24.3 Å². The van der Waals surface area contributed by atoms with Gasteiger partial charge in [-0.25, -0.2) is 4.90 Å². The van der Waals surface area contributed by atoms with Crippen LogP contribution in [0.25, 0.3) is 0 Å². The first-order valence-electron chi connectivity index (χ1n) is 17.8. The van der Waals surface area contributed by atoms with Crippen molar-refractivity contribution in [3.05, 3.63) is 113 Å². The van der Waals surface area contributed by atoms with E-state index >= 15 is 0 Å². The van der Waals surface area contributed by atoms with Gasteiger partial charge in [0.25, 0.3) is 0 Å². The predicted octanol–water partition coefficient (Wildman–Crippen LogP) is 8.08. The number of phenols is 1. The standard InChI is InChI=1S/C42H38BrN5O6/c1-42-33(39(51)48(41(42)53)27-8-6-5-7-9-27)22-31-29(36(42)32-20-23(43)21-34(54-4)37(32)49)18-19-30-35(31)40(52)47(38(30)50)28-16-12-25(13-17-28)45-44-24-10-14-26(15-11-24)46(2)3/h5-18,20-21,30-31,33,35-36,49H,19,22H2,1-4H3. The predicted molar refractivity (Wildman–Crippen MR) is 207 cm³/mol. The summed E-state index contributed by atoms with van der Waals surface area (Å²) in [4.78, 5) is 62.2. The zero-order chi connectivity index (χ0) is 38.1. The second kappa shape index (κ2) is 13.3. The summed E-state index contributed by atoms with van der Waals surface area (Å²) in [5.74, 6) is -4.94. The molecule has 4 aromatic rings. The van der Waals surface area contributed by atoms with Crippen LogP contribution in [-0.2, 0) is 19.2 Å². The van der Waals surface area contributed by atoms with Crippen LogP contribution in [0.3, 0.4) is 0 Å². The largest absolute Gasteiger partial charge is 0.504 e. The minimum Gasteiger partial charge on any atom is -0.504 e. The van der Waals surface area contributed by atoms with Gasteiger partial charge in [-0.3, -0.25) is 24.1 Å². The molecule has 8 rings (SSSR count). The Morgan fingerprint density at radius 2 is 1.44 bits per heavy atom. The maximum atomic E-state index is 14.7. The van der Waals surface area contributed by atoms with Gasteiger partial charge in [0.15, 0.2) is 11.5 Å². The molecule has 4 aliphatic rings. The molecule has 6 atom stereocenters. The number of aromatic hydroxyl groups is 1. The summed E-state index contributed by atoms with van der Waals surface area (Å²) in [5.41, 5.74) is 3.03. The third kappa shape index (κ3) is 5.45. The van der Waals surface area contributed by atoms with Gasteiger partial charge in [-0.15, -0.1) is 0 Å². The van der Waals surface area contributed by atoms with Gasteiger partial charge in [-0.2, -0.15) is 10.2 Å². The van der Waals surface area contributed by atoms with Crippen LogP contribution in [0.2, 0.25) is 0 Å². The van der Waals surface area contributed by atoms with Crippen molar-refractivity contribution in [3.8, 4) is 11.5 Å². The van der Waals surface area contributed by atoms with Crippen molar-refractivity contribution in [3.63, 3.8) is 0 Å². The number of anilines is 3. The topological polar surface area (TPSA) is 132 Å². The molecule has 1 saturated carbocycles. The van der Waals surface area contributed by atoms with E-state index in [1.807, 2.05) is 55.4 Å². The number of hydrogen-bond donors (Lipinski definition) is 1. The van der Waals surface area contributed by atoms with Gasteiger partial charge in [0.05, 0.1) is 53.0 Å². The number of methoxy groups -OCH3 is 1. The van der Waals surface area contributed by atoms with Gasteiger partial charge in [-0.05, 0) is 98.5 Å². The van der Waals surface area contributed by atoms with Gasteiger partial charge in [-0.1, -0.05) is 45.8 Å². The second-order valence-electron chi connectivity index (χ2n) is 14.7. The number of para-hydroxylation sites is 1. The summed E-state index contributed by atoms with van der Waals surface area (Å²) in [6.07, 6.45) is 2.42. The van der Waals surface area contributed by atoms with Crippen LogP contribution in [0.5, 0.6) is 11.5 Å². The molecule has 4 amide bonds. The molecule has 2 aliphatic heterocycles. The summed E-state index contributed by atoms with van der Waals surface area (Å²) in [5, 5.41) is 20.3. The number of carbonyl (C=O) groups excluding carboxylic acids is 4. The van der Waals surface area contributed by atoms with Crippen molar-refractivity contribution in [2.75, 3.05) is 35.9 Å². The number of allylic oxidation sites excluding steroid dienone is 2. The fraction of sp³-hybridized carbons (Fsp3) is 0.286. The first-order chi connectivity index (χ1) is 25.9. The lowest BCUT2D eigenvalue weighted by Gasteiger charge is -2.49. The van der Waals surface area contributed by atoms with E-state index in [0.29, 0.717) is 32.8 Å². The lowest BCUT2D eigenvalue weighted by Crippen LogP contribution is -2.49. The van der Waals surface area contributed by atoms with Crippen LogP contribution >= 0.6 is 15.9 Å². The van der Waals surface area contributed by atoms with Gasteiger partial charge in [0, 0.05) is 35.7 Å². The molecule has 0 spiro atoms. The van der Waals surface area contributed by atoms with Gasteiger partial charge < -0.3 is 14.7 Å². The average Bonchev–Trinajstić information content (AvgIpc) is 3.54. The van der Waals surface area contributed by atoms with Crippen molar-refractivity contribution in [1.82, 2.24) is 0 Å². The van der Waals surface area contributed by atoms with Crippen molar-refractivity contribution in [1.29, 1.82) is 0 Å². The van der Waals surface area contributed by atoms with E-state index in [0.717, 1.165) is 11.3 Å². The number of ether oxygens (including phenoxy) is 1. The Labute approximate surface area is 321 Å². The number of carbonyl (C=O) groups is 4. The smallest absolute Gasteiger partial charge is 0.241 e. The number of benzene rings is 4. The molecular weight excluding hydrogens is 750 g/mol. The monoisotopic (exact) mass is 787 g/mol. The van der Waals surface area contributed by atoms with Crippen LogP contribution in [0.4, 0.5) is 28.4 Å². The molecule has 12 heteroatoms. The van der Waals surface area contributed by atoms with Crippen LogP contribution in [0.15, 0.2) is 117 Å². The fourth-order valence-corrected chi connectivity index (χ4v) is 9.46. The average molecular weight is 789 g/mol. The molecule has 4 aromatic carbocycles. The zero-order valence-electron chi connectivity index (χ0n) is 30.1. The molecule has 0 radical (unpaired) electrons. The molecular formula is C42H38BrN5O6. The van der Waals surface area contributed by atoms with Crippen molar-refractivity contribution < 1.29 is 29.0 Å². The highest BCUT2D eigenvalue weighted by Gasteiger charge is 2.68. The van der Waals surface area contributed by atoms with Crippen LogP contribution < -0.4 is 19.4 Å². The third-order valence-corrected chi connectivity index (χ3v) is 12.1. The number of imide groups is 2. The molecule has 274 valence electrons. The van der Waals surface area contributed by atoms with Crippen molar-refractivity contribution in [2.45, 2.75) is 25.7 Å². The molecule has 2 aliphatic carbocycles. The number of halogens is 1. The zero-order valence-corrected chi connectivity index (χ0v) is 31.7. The van der Waals surface area contributed by atoms with Gasteiger partial charge in [0.2, 0.25) is 23.6 Å². The molecule has 11 nitrogen and oxygen atoms in total. The van der Waals surface area contributed by atoms with E-state index in [2.05, 4.69) is 26.2 Å². The highest BCUT2D eigenvalue weighted by molar-refractivity contribution is 9.10. The Morgan fingerprint density at radius 1 is 0.815 bits per heavy atom. The highest BCUT2D eigenvalue weighted by atomic mass is 79.9. The van der Waals surface area contributed by atoms with Crippen molar-refractivity contribution >= 4 is 68.0 Å². The Balaban J connectivity index is 1.15. The molecule has 2 heterocycles. The minimum absolute atomic E-state index is 0.147. The van der Waals surface area contributed by atoms with Crippen LogP contribution in [-0.4, -0.2) is 49.9 Å². The number of rotatable bonds is 7. The first-order valence-corrected chi connectivity index (χ1v) is 18.6. The number of amides is 4. The van der Waals surface area contributed by atoms with Crippen LogP contribution in [0.1, 0.15) is 31.2 Å². The Morgan fingerprint density at radius 3 is 2.07 bits per heavy atom. The Bertz CT molecular complexity index is 2260. The van der Waals surface area contributed by atoms with Crippen LogP contribution in [0, 0.1) is 29.1 Å². The lowest BCUT2D eigenvalue weighted by atomic mass is 9.51. The fourth-order valence-electron chi connectivity index (χ4n) is 9.01. The van der Waals surface area contributed by atoms with E-state index in [1.165, 1.54) is 16.9 Å². The quantitative estimate of drug-likeness (QED) is 0.114. The maximum absolute atomic E-state index is 14.7. The molecule has 54 heavy (non-hydrogen) atoms. The highest BCUT2D eigenvalue weighted by Crippen LogP contribution is 2.65. The molecule has 0 aromatic heterocycles. The SMILES string of the molecule is COc1cc(Br)cc(C2C3=CCC4C(=O)N(c5ccc(N=Nc6ccc(N(C)C)cc6)cc5)C(=O)C4C3CC3C(=O)N(c4ccccc4)C(=O)C32C)c1O.